The van der Waals surface area contributed by atoms with Crippen LogP contribution in [0.5, 0.6) is 5.75 Å². The van der Waals surface area contributed by atoms with Crippen LogP contribution in [0, 0.1) is 0 Å². The van der Waals surface area contributed by atoms with Gasteiger partial charge in [-0.05, 0) is 78.4 Å². The molecule has 4 aromatic rings. The Labute approximate surface area is 273 Å². The summed E-state index contributed by atoms with van der Waals surface area (Å²) in [5.74, 6) is 2.02. The molecule has 9 nitrogen and oxygen atoms in total. The number of carbonyl (C=O) groups excluding carboxylic acids is 1. The maximum absolute atomic E-state index is 14.4. The molecule has 2 heterocycles. The number of ether oxygens (including phenoxy) is 1. The fourth-order valence-electron chi connectivity index (χ4n) is 5.83. The number of aryl methyl sites for hydroxylation is 1. The van der Waals surface area contributed by atoms with Crippen LogP contribution in [0.1, 0.15) is 63.1 Å². The first-order chi connectivity index (χ1) is 22.2. The van der Waals surface area contributed by atoms with Gasteiger partial charge in [0.2, 0.25) is 0 Å². The molecule has 1 saturated heterocycles. The minimum absolute atomic E-state index is 0.221. The Hall–Kier alpha value is -4.63. The molecular formula is C37H47N7O2. The van der Waals surface area contributed by atoms with Crippen molar-refractivity contribution in [3.05, 3.63) is 89.7 Å². The van der Waals surface area contributed by atoms with E-state index in [9.17, 15) is 4.79 Å². The number of benzene rings is 3. The van der Waals surface area contributed by atoms with E-state index >= 15 is 0 Å². The monoisotopic (exact) mass is 621 g/mol. The highest BCUT2D eigenvalue weighted by molar-refractivity contribution is 6.08. The molecule has 1 fully saturated rings. The number of urea groups is 1. The van der Waals surface area contributed by atoms with E-state index in [1.54, 1.807) is 18.1 Å². The van der Waals surface area contributed by atoms with Crippen molar-refractivity contribution >= 4 is 40.4 Å². The number of anilines is 6. The second-order valence-electron chi connectivity index (χ2n) is 12.5. The number of carbonyl (C=O) groups is 1. The summed E-state index contributed by atoms with van der Waals surface area (Å²) in [7, 11) is 3.78. The number of piperazine rings is 1. The van der Waals surface area contributed by atoms with Crippen molar-refractivity contribution in [1.29, 1.82) is 0 Å². The molecule has 1 aliphatic rings. The number of nitrogens with one attached hydrogen (secondary N) is 2. The molecule has 0 unspecified atom stereocenters. The van der Waals surface area contributed by atoms with Gasteiger partial charge in [-0.1, -0.05) is 58.9 Å². The first-order valence-electron chi connectivity index (χ1n) is 16.2. The van der Waals surface area contributed by atoms with Crippen LogP contribution in [-0.2, 0) is 6.42 Å². The molecule has 0 bridgehead atoms. The second-order valence-corrected chi connectivity index (χ2v) is 12.5. The number of hydrogen-bond acceptors (Lipinski definition) is 7. The van der Waals surface area contributed by atoms with Gasteiger partial charge in [0.05, 0.1) is 12.8 Å². The minimum atomic E-state index is -0.335. The molecule has 0 atom stereocenters. The highest BCUT2D eigenvalue weighted by Crippen LogP contribution is 2.38. The summed E-state index contributed by atoms with van der Waals surface area (Å²) in [6.07, 6.45) is 2.32. The fourth-order valence-corrected chi connectivity index (χ4v) is 5.83. The predicted octanol–water partition coefficient (Wildman–Crippen LogP) is 8.16. The number of methoxy groups -OCH3 is 1. The lowest BCUT2D eigenvalue weighted by atomic mass is 9.93. The summed E-state index contributed by atoms with van der Waals surface area (Å²) in [4.78, 5) is 29.8. The van der Waals surface area contributed by atoms with Crippen LogP contribution in [0.15, 0.2) is 73.1 Å². The molecule has 1 aromatic heterocycles. The third-order valence-corrected chi connectivity index (χ3v) is 8.59. The molecule has 0 radical (unpaired) electrons. The van der Waals surface area contributed by atoms with Gasteiger partial charge in [0.25, 0.3) is 0 Å². The minimum Gasteiger partial charge on any atom is -0.495 e. The molecule has 0 saturated carbocycles. The fraction of sp³-hybridized carbons (Fsp3) is 0.378. The molecule has 242 valence electrons. The van der Waals surface area contributed by atoms with E-state index in [2.05, 4.69) is 115 Å². The van der Waals surface area contributed by atoms with Crippen molar-refractivity contribution in [2.45, 2.75) is 52.9 Å². The van der Waals surface area contributed by atoms with E-state index < -0.39 is 0 Å². The average molecular weight is 622 g/mol. The Morgan fingerprint density at radius 3 is 2.20 bits per heavy atom. The van der Waals surface area contributed by atoms with Crippen LogP contribution in [-0.4, -0.2) is 61.2 Å². The second kappa shape index (κ2) is 14.6. The Bertz CT molecular complexity index is 1600. The number of nitrogens with zero attached hydrogens (tertiary/aromatic N) is 5. The lowest BCUT2D eigenvalue weighted by Crippen LogP contribution is -2.44. The number of aromatic nitrogens is 2. The third kappa shape index (κ3) is 7.42. The normalized spacial score (nSPS) is 13.6. The SMILES string of the molecule is CCc1ccc(N(C(=O)Nc2c(C(C)C)cccc2C(C)C)c2cc(Nc3ccc(N4CCN(C)CC4)cc3)ncn2)c(OC)c1. The van der Waals surface area contributed by atoms with Crippen LogP contribution in [0.4, 0.5) is 39.2 Å². The highest BCUT2D eigenvalue weighted by atomic mass is 16.5. The number of rotatable bonds is 10. The Kier molecular flexibility index (Phi) is 10.4. The van der Waals surface area contributed by atoms with Crippen molar-refractivity contribution in [2.24, 2.45) is 0 Å². The molecule has 2 amide bonds. The molecule has 2 N–H and O–H groups in total. The van der Waals surface area contributed by atoms with Gasteiger partial charge in [-0.3, -0.25) is 0 Å². The van der Waals surface area contributed by atoms with Crippen molar-refractivity contribution in [3.63, 3.8) is 0 Å². The van der Waals surface area contributed by atoms with E-state index in [4.69, 9.17) is 4.74 Å². The number of likely N-dealkylation sites (N-methyl/N-ethyl adjacent to an activating group) is 1. The summed E-state index contributed by atoms with van der Waals surface area (Å²) in [5, 5.41) is 6.67. The zero-order chi connectivity index (χ0) is 32.8. The van der Waals surface area contributed by atoms with Gasteiger partial charge in [0.15, 0.2) is 0 Å². The number of para-hydroxylation sites is 1. The molecule has 46 heavy (non-hydrogen) atoms. The zero-order valence-electron chi connectivity index (χ0n) is 28.2. The first kappa shape index (κ1) is 32.8. The van der Waals surface area contributed by atoms with Gasteiger partial charge < -0.3 is 25.2 Å². The van der Waals surface area contributed by atoms with E-state index in [1.807, 2.05) is 18.2 Å². The van der Waals surface area contributed by atoms with Crippen molar-refractivity contribution in [1.82, 2.24) is 14.9 Å². The lowest BCUT2D eigenvalue weighted by molar-refractivity contribution is 0.258. The van der Waals surface area contributed by atoms with Crippen molar-refractivity contribution < 1.29 is 9.53 Å². The summed E-state index contributed by atoms with van der Waals surface area (Å²) < 4.78 is 5.82. The topological polar surface area (TPSA) is 85.9 Å². The van der Waals surface area contributed by atoms with Gasteiger partial charge >= 0.3 is 6.03 Å². The maximum atomic E-state index is 14.4. The molecule has 3 aromatic carbocycles. The van der Waals surface area contributed by atoms with Crippen molar-refractivity contribution in [3.8, 4) is 5.75 Å². The molecule has 0 aliphatic carbocycles. The van der Waals surface area contributed by atoms with Crippen LogP contribution >= 0.6 is 0 Å². The summed E-state index contributed by atoms with van der Waals surface area (Å²) in [6, 6.07) is 22.0. The van der Waals surface area contributed by atoms with Crippen LogP contribution in [0.2, 0.25) is 0 Å². The number of hydrogen-bond donors (Lipinski definition) is 2. The van der Waals surface area contributed by atoms with Gasteiger partial charge in [-0.15, -0.1) is 0 Å². The molecule has 9 heteroatoms. The van der Waals surface area contributed by atoms with Gasteiger partial charge in [-0.25, -0.2) is 19.7 Å². The van der Waals surface area contributed by atoms with Crippen LogP contribution in [0.25, 0.3) is 0 Å². The van der Waals surface area contributed by atoms with Crippen LogP contribution in [0.3, 0.4) is 0 Å². The molecule has 5 rings (SSSR count). The van der Waals surface area contributed by atoms with Gasteiger partial charge in [0.1, 0.15) is 23.7 Å². The van der Waals surface area contributed by atoms with E-state index in [0.717, 1.165) is 60.7 Å². The molecule has 1 aliphatic heterocycles. The number of amides is 2. The van der Waals surface area contributed by atoms with Gasteiger partial charge in [0, 0.05) is 49.3 Å². The molecule has 0 spiro atoms. The standard InChI is InChI=1S/C37H47N7O2/c1-8-27-12-17-32(33(22-27)46-7)44(37(45)41-36-30(25(2)3)10-9-11-31(36)26(4)5)35-23-34(38-24-39-35)40-28-13-15-29(16-14-28)43-20-18-42(6)19-21-43/h9-17,22-26H,8,18-21H2,1-7H3,(H,41,45)(H,38,39,40). The summed E-state index contributed by atoms with van der Waals surface area (Å²) in [5.41, 5.74) is 6.80. The van der Waals surface area contributed by atoms with Crippen molar-refractivity contribution in [2.75, 3.05) is 60.8 Å². The Morgan fingerprint density at radius 1 is 0.913 bits per heavy atom. The largest absolute Gasteiger partial charge is 0.495 e. The highest BCUT2D eigenvalue weighted by Gasteiger charge is 2.26. The van der Waals surface area contributed by atoms with Gasteiger partial charge in [-0.2, -0.15) is 0 Å². The van der Waals surface area contributed by atoms with E-state index in [0.29, 0.717) is 23.1 Å². The average Bonchev–Trinajstić information content (AvgIpc) is 3.06. The predicted molar refractivity (Wildman–Crippen MR) is 190 cm³/mol. The smallest absolute Gasteiger partial charge is 0.332 e. The summed E-state index contributed by atoms with van der Waals surface area (Å²) >= 11 is 0. The Balaban J connectivity index is 1.49. The Morgan fingerprint density at radius 2 is 1.59 bits per heavy atom. The lowest BCUT2D eigenvalue weighted by Gasteiger charge is -2.34. The third-order valence-electron chi connectivity index (χ3n) is 8.59. The first-order valence-corrected chi connectivity index (χ1v) is 16.2. The van der Waals surface area contributed by atoms with E-state index in [-0.39, 0.29) is 17.9 Å². The van der Waals surface area contributed by atoms with E-state index in [1.165, 1.54) is 12.0 Å². The zero-order valence-corrected chi connectivity index (χ0v) is 28.2. The van der Waals surface area contributed by atoms with Crippen LogP contribution < -0.4 is 25.2 Å². The summed E-state index contributed by atoms with van der Waals surface area (Å²) in [6.45, 7) is 14.8. The molecular weight excluding hydrogens is 574 g/mol. The quantitative estimate of drug-likeness (QED) is 0.185. The maximum Gasteiger partial charge on any atom is 0.332 e.